The normalized spacial score (nSPS) is 21.6. The average Bonchev–Trinajstić information content (AvgIpc) is 2.76. The number of nitrogens with zero attached hydrogens (tertiary/aromatic N) is 2. The molecule has 90 valence electrons. The molecule has 1 fully saturated rings. The molecule has 0 spiro atoms. The standard InChI is InChI=1S/C12H21N3O/c1-10(2)15-9-14-6-11(15)8-16-12-4-3-5-13-7-12/h6,9-10,12-13H,3-5,7-8H2,1-2H3/t12-/m0/s1. The lowest BCUT2D eigenvalue weighted by Crippen LogP contribution is -2.35. The minimum atomic E-state index is 0.365. The number of ether oxygens (including phenoxy) is 1. The maximum absolute atomic E-state index is 5.89. The van der Waals surface area contributed by atoms with Crippen molar-refractivity contribution in [2.24, 2.45) is 0 Å². The summed E-state index contributed by atoms with van der Waals surface area (Å²) in [6.07, 6.45) is 6.53. The van der Waals surface area contributed by atoms with Gasteiger partial charge in [0.05, 0.1) is 30.9 Å². The molecule has 2 heterocycles. The molecule has 1 aliphatic rings. The van der Waals surface area contributed by atoms with E-state index in [0.717, 1.165) is 13.1 Å². The van der Waals surface area contributed by atoms with Gasteiger partial charge >= 0.3 is 0 Å². The first kappa shape index (κ1) is 11.6. The molecule has 2 rings (SSSR count). The molecule has 4 heteroatoms. The zero-order valence-corrected chi connectivity index (χ0v) is 10.1. The third-order valence-corrected chi connectivity index (χ3v) is 3.02. The number of piperidine rings is 1. The highest BCUT2D eigenvalue weighted by Crippen LogP contribution is 2.13. The number of aromatic nitrogens is 2. The highest BCUT2D eigenvalue weighted by molar-refractivity contribution is 4.98. The van der Waals surface area contributed by atoms with Crippen molar-refractivity contribution in [2.45, 2.75) is 45.4 Å². The Kier molecular flexibility index (Phi) is 3.96. The molecule has 0 aliphatic carbocycles. The van der Waals surface area contributed by atoms with Crippen molar-refractivity contribution in [1.82, 2.24) is 14.9 Å². The van der Waals surface area contributed by atoms with Crippen molar-refractivity contribution >= 4 is 0 Å². The van der Waals surface area contributed by atoms with Gasteiger partial charge in [0.15, 0.2) is 0 Å². The molecule has 1 N–H and O–H groups in total. The molecular formula is C12H21N3O. The van der Waals surface area contributed by atoms with Crippen LogP contribution in [0.2, 0.25) is 0 Å². The number of imidazole rings is 1. The first-order valence-electron chi connectivity index (χ1n) is 6.10. The van der Waals surface area contributed by atoms with Crippen LogP contribution < -0.4 is 5.32 Å². The number of hydrogen-bond donors (Lipinski definition) is 1. The summed E-state index contributed by atoms with van der Waals surface area (Å²) in [5, 5.41) is 3.35. The van der Waals surface area contributed by atoms with Gasteiger partial charge in [-0.25, -0.2) is 4.98 Å². The van der Waals surface area contributed by atoms with Crippen LogP contribution in [0, 0.1) is 0 Å². The molecule has 1 saturated heterocycles. The fourth-order valence-corrected chi connectivity index (χ4v) is 2.07. The largest absolute Gasteiger partial charge is 0.371 e. The van der Waals surface area contributed by atoms with Crippen LogP contribution in [0.3, 0.4) is 0 Å². The monoisotopic (exact) mass is 223 g/mol. The van der Waals surface area contributed by atoms with E-state index in [1.54, 1.807) is 0 Å². The van der Waals surface area contributed by atoms with E-state index in [0.29, 0.717) is 18.8 Å². The van der Waals surface area contributed by atoms with Gasteiger partial charge in [-0.1, -0.05) is 0 Å². The van der Waals surface area contributed by atoms with Gasteiger partial charge in [-0.15, -0.1) is 0 Å². The summed E-state index contributed by atoms with van der Waals surface area (Å²) >= 11 is 0. The Bertz CT molecular complexity index is 316. The minimum absolute atomic E-state index is 0.365. The summed E-state index contributed by atoms with van der Waals surface area (Å²) < 4.78 is 8.06. The van der Waals surface area contributed by atoms with Crippen molar-refractivity contribution in [3.8, 4) is 0 Å². The SMILES string of the molecule is CC(C)n1cncc1CO[C@H]1CCCNC1. The van der Waals surface area contributed by atoms with Gasteiger partial charge in [0, 0.05) is 12.6 Å². The van der Waals surface area contributed by atoms with Crippen LogP contribution in [0.15, 0.2) is 12.5 Å². The molecule has 1 aromatic rings. The van der Waals surface area contributed by atoms with Crippen LogP contribution >= 0.6 is 0 Å². The third-order valence-electron chi connectivity index (χ3n) is 3.02. The van der Waals surface area contributed by atoms with Crippen LogP contribution in [0.25, 0.3) is 0 Å². The summed E-state index contributed by atoms with van der Waals surface area (Å²) in [6.45, 7) is 7.10. The molecule has 0 radical (unpaired) electrons. The van der Waals surface area contributed by atoms with Gasteiger partial charge in [0.25, 0.3) is 0 Å². The van der Waals surface area contributed by atoms with Crippen molar-refractivity contribution < 1.29 is 4.74 Å². The maximum atomic E-state index is 5.89. The van der Waals surface area contributed by atoms with Gasteiger partial charge in [-0.3, -0.25) is 0 Å². The number of rotatable bonds is 4. The molecular weight excluding hydrogens is 202 g/mol. The topological polar surface area (TPSA) is 39.1 Å². The Labute approximate surface area is 97.0 Å². The van der Waals surface area contributed by atoms with E-state index in [1.165, 1.54) is 18.5 Å². The number of nitrogens with one attached hydrogen (secondary N) is 1. The maximum Gasteiger partial charge on any atom is 0.0951 e. The van der Waals surface area contributed by atoms with Crippen molar-refractivity contribution in [2.75, 3.05) is 13.1 Å². The third kappa shape index (κ3) is 2.83. The first-order chi connectivity index (χ1) is 7.77. The van der Waals surface area contributed by atoms with Gasteiger partial charge in [0.2, 0.25) is 0 Å². The van der Waals surface area contributed by atoms with E-state index < -0.39 is 0 Å². The molecule has 0 bridgehead atoms. The van der Waals surface area contributed by atoms with E-state index in [9.17, 15) is 0 Å². The van der Waals surface area contributed by atoms with E-state index in [-0.39, 0.29) is 0 Å². The fourth-order valence-electron chi connectivity index (χ4n) is 2.07. The van der Waals surface area contributed by atoms with Crippen molar-refractivity contribution in [3.05, 3.63) is 18.2 Å². The van der Waals surface area contributed by atoms with Crippen molar-refractivity contribution in [3.63, 3.8) is 0 Å². The zero-order chi connectivity index (χ0) is 11.4. The van der Waals surface area contributed by atoms with Crippen molar-refractivity contribution in [1.29, 1.82) is 0 Å². The Morgan fingerprint density at radius 2 is 2.50 bits per heavy atom. The lowest BCUT2D eigenvalue weighted by Gasteiger charge is -2.23. The average molecular weight is 223 g/mol. The second kappa shape index (κ2) is 5.46. The summed E-state index contributed by atoms with van der Waals surface area (Å²) in [5.41, 5.74) is 1.17. The van der Waals surface area contributed by atoms with E-state index in [4.69, 9.17) is 4.74 Å². The van der Waals surface area contributed by atoms with Gasteiger partial charge in [0.1, 0.15) is 0 Å². The van der Waals surface area contributed by atoms with Crippen LogP contribution in [0.5, 0.6) is 0 Å². The summed E-state index contributed by atoms with van der Waals surface area (Å²) in [6, 6.07) is 0.450. The van der Waals surface area contributed by atoms with Gasteiger partial charge in [-0.05, 0) is 33.2 Å². The molecule has 0 unspecified atom stereocenters. The molecule has 1 aromatic heterocycles. The van der Waals surface area contributed by atoms with Crippen LogP contribution in [0.4, 0.5) is 0 Å². The second-order valence-corrected chi connectivity index (χ2v) is 4.67. The van der Waals surface area contributed by atoms with E-state index in [2.05, 4.69) is 28.7 Å². The molecule has 4 nitrogen and oxygen atoms in total. The molecule has 0 amide bonds. The highest BCUT2D eigenvalue weighted by atomic mass is 16.5. The minimum Gasteiger partial charge on any atom is -0.371 e. The molecule has 0 aromatic carbocycles. The predicted octanol–water partition coefficient (Wildman–Crippen LogP) is 1.73. The lowest BCUT2D eigenvalue weighted by molar-refractivity contribution is 0.0219. The summed E-state index contributed by atoms with van der Waals surface area (Å²) in [5.74, 6) is 0. The Balaban J connectivity index is 1.86. The molecule has 16 heavy (non-hydrogen) atoms. The van der Waals surface area contributed by atoms with Crippen LogP contribution in [-0.2, 0) is 11.3 Å². The fraction of sp³-hybridized carbons (Fsp3) is 0.750. The quantitative estimate of drug-likeness (QED) is 0.845. The van der Waals surface area contributed by atoms with Crippen LogP contribution in [-0.4, -0.2) is 28.7 Å². The molecule has 1 aliphatic heterocycles. The first-order valence-corrected chi connectivity index (χ1v) is 6.10. The van der Waals surface area contributed by atoms with Crippen LogP contribution in [0.1, 0.15) is 38.4 Å². The molecule has 0 saturated carbocycles. The summed E-state index contributed by atoms with van der Waals surface area (Å²) in [7, 11) is 0. The molecule has 1 atom stereocenters. The predicted molar refractivity (Wildman–Crippen MR) is 63.3 cm³/mol. The Morgan fingerprint density at radius 3 is 3.19 bits per heavy atom. The summed E-state index contributed by atoms with van der Waals surface area (Å²) in [4.78, 5) is 4.17. The highest BCUT2D eigenvalue weighted by Gasteiger charge is 2.14. The van der Waals surface area contributed by atoms with E-state index >= 15 is 0 Å². The van der Waals surface area contributed by atoms with Gasteiger partial charge < -0.3 is 14.6 Å². The Morgan fingerprint density at radius 1 is 1.62 bits per heavy atom. The lowest BCUT2D eigenvalue weighted by atomic mass is 10.1. The zero-order valence-electron chi connectivity index (χ0n) is 10.1. The second-order valence-electron chi connectivity index (χ2n) is 4.67. The van der Waals surface area contributed by atoms with E-state index in [1.807, 2.05) is 12.5 Å². The Hall–Kier alpha value is -0.870. The number of hydrogen-bond acceptors (Lipinski definition) is 3. The van der Waals surface area contributed by atoms with Gasteiger partial charge in [-0.2, -0.15) is 0 Å². The smallest absolute Gasteiger partial charge is 0.0951 e.